The van der Waals surface area contributed by atoms with E-state index in [0.717, 1.165) is 23.4 Å². The van der Waals surface area contributed by atoms with Crippen molar-refractivity contribution in [3.05, 3.63) is 263 Å². The number of nitrogens with two attached hydrogens (primary N) is 1. The molecule has 0 aliphatic heterocycles. The SMILES string of the molecule is C/C=C\C=C/C1=Cc2cccc(N)c2/C1=C\Cc1ccc2cc(-c3ccc4c(c3)c3cc(-c5ccc6c(c5)C(C)(C)c5ccccc5-6)ccc3n4-c3ccccc3)ccc2c1.CC(C)(C)c1ccccc1. The molecule has 1 heterocycles. The van der Waals surface area contributed by atoms with Crippen LogP contribution >= 0.6 is 0 Å². The average Bonchev–Trinajstić information content (AvgIpc) is 4.00. The van der Waals surface area contributed by atoms with Gasteiger partial charge in [-0.05, 0) is 163 Å². The third-order valence-electron chi connectivity index (χ3n) is 14.7. The summed E-state index contributed by atoms with van der Waals surface area (Å²) in [5.74, 6) is 0. The molecule has 71 heavy (non-hydrogen) atoms. The van der Waals surface area contributed by atoms with Gasteiger partial charge in [-0.2, -0.15) is 0 Å². The topological polar surface area (TPSA) is 30.9 Å². The molecular formula is C69H60N2. The fourth-order valence-corrected chi connectivity index (χ4v) is 10.9. The Labute approximate surface area is 419 Å². The summed E-state index contributed by atoms with van der Waals surface area (Å²) >= 11 is 0. The van der Waals surface area contributed by atoms with Crippen LogP contribution in [0.3, 0.4) is 0 Å². The summed E-state index contributed by atoms with van der Waals surface area (Å²) in [7, 11) is 0. The molecule has 0 spiro atoms. The molecule has 0 atom stereocenters. The van der Waals surface area contributed by atoms with Gasteiger partial charge in [-0.25, -0.2) is 0 Å². The second kappa shape index (κ2) is 18.3. The molecular weight excluding hydrogens is 857 g/mol. The molecule has 0 saturated carbocycles. The number of hydrogen-bond acceptors (Lipinski definition) is 1. The highest BCUT2D eigenvalue weighted by Gasteiger charge is 2.35. The van der Waals surface area contributed by atoms with Crippen molar-refractivity contribution in [1.82, 2.24) is 4.57 Å². The van der Waals surface area contributed by atoms with Crippen LogP contribution in [0.15, 0.2) is 230 Å². The van der Waals surface area contributed by atoms with Gasteiger partial charge in [0.25, 0.3) is 0 Å². The second-order valence-corrected chi connectivity index (χ2v) is 20.7. The van der Waals surface area contributed by atoms with Crippen molar-refractivity contribution in [2.24, 2.45) is 0 Å². The zero-order valence-corrected chi connectivity index (χ0v) is 41.7. The van der Waals surface area contributed by atoms with Gasteiger partial charge in [0, 0.05) is 33.1 Å². The maximum Gasteiger partial charge on any atom is 0.0541 e. The number of allylic oxidation sites excluding steroid dienone is 7. The first-order valence-corrected chi connectivity index (χ1v) is 25.0. The minimum atomic E-state index is -0.0498. The first-order chi connectivity index (χ1) is 34.5. The smallest absolute Gasteiger partial charge is 0.0541 e. The van der Waals surface area contributed by atoms with Crippen LogP contribution < -0.4 is 5.73 Å². The molecule has 2 nitrogen and oxygen atoms in total. The standard InChI is InChI=1S/C59H46N2.C10H14/c1-4-5-7-13-45-34-46-14-12-19-55(60)58(46)48(45)28-21-38-20-22-40-33-41(24-23-39(40)32-38)42-26-30-56-51(35-42)52-36-43(27-31-57(52)61(56)47-15-8-6-9-16-47)44-25-29-50-49-17-10-11-18-53(49)59(2,3)54(50)37-44;1-10(2,3)9-7-5-4-6-8-9/h4-20,22-37H,21,60H2,1-3H3;4-8H,1-3H3/b5-4-,13-7-,48-28-;. The van der Waals surface area contributed by atoms with E-state index >= 15 is 0 Å². The van der Waals surface area contributed by atoms with Crippen molar-refractivity contribution in [2.75, 3.05) is 5.73 Å². The fourth-order valence-electron chi connectivity index (χ4n) is 10.9. The van der Waals surface area contributed by atoms with E-state index in [4.69, 9.17) is 5.73 Å². The lowest BCUT2D eigenvalue weighted by molar-refractivity contribution is 0.590. The number of aromatic nitrogens is 1. The van der Waals surface area contributed by atoms with Gasteiger partial charge < -0.3 is 10.3 Å². The highest BCUT2D eigenvalue weighted by Crippen LogP contribution is 2.50. The van der Waals surface area contributed by atoms with Crippen LogP contribution in [-0.4, -0.2) is 4.57 Å². The number of fused-ring (bicyclic) bond motifs is 8. The Hall–Kier alpha value is -8.20. The van der Waals surface area contributed by atoms with Gasteiger partial charge in [-0.1, -0.05) is 205 Å². The maximum absolute atomic E-state index is 6.52. The number of benzene rings is 9. The predicted molar refractivity (Wildman–Crippen MR) is 306 cm³/mol. The van der Waals surface area contributed by atoms with Crippen molar-refractivity contribution < 1.29 is 0 Å². The van der Waals surface area contributed by atoms with Crippen LogP contribution in [0.2, 0.25) is 0 Å². The maximum atomic E-state index is 6.52. The zero-order valence-electron chi connectivity index (χ0n) is 41.7. The van der Waals surface area contributed by atoms with E-state index in [1.54, 1.807) is 0 Å². The second-order valence-electron chi connectivity index (χ2n) is 20.7. The highest BCUT2D eigenvalue weighted by atomic mass is 15.0. The first kappa shape index (κ1) is 45.3. The molecule has 0 radical (unpaired) electrons. The van der Waals surface area contributed by atoms with Gasteiger partial charge >= 0.3 is 0 Å². The van der Waals surface area contributed by atoms with Gasteiger partial charge in [-0.15, -0.1) is 0 Å². The van der Waals surface area contributed by atoms with Crippen LogP contribution in [0, 0.1) is 0 Å². The van der Waals surface area contributed by atoms with Crippen molar-refractivity contribution >= 4 is 49.9 Å². The molecule has 2 aliphatic rings. The number of anilines is 1. The summed E-state index contributed by atoms with van der Waals surface area (Å²) in [6.07, 6.45) is 13.8. The number of rotatable bonds is 7. The molecule has 1 aromatic heterocycles. The van der Waals surface area contributed by atoms with Crippen LogP contribution in [0.4, 0.5) is 5.69 Å². The molecule has 0 saturated heterocycles. The number of para-hydroxylation sites is 1. The summed E-state index contributed by atoms with van der Waals surface area (Å²) in [4.78, 5) is 0. The Morgan fingerprint density at radius 2 is 1.15 bits per heavy atom. The molecule has 2 aliphatic carbocycles. The molecule has 0 amide bonds. The van der Waals surface area contributed by atoms with Crippen LogP contribution in [-0.2, 0) is 17.3 Å². The lowest BCUT2D eigenvalue weighted by Crippen LogP contribution is -2.14. The van der Waals surface area contributed by atoms with E-state index in [-0.39, 0.29) is 5.41 Å². The summed E-state index contributed by atoms with van der Waals surface area (Å²) in [6, 6.07) is 71.2. The van der Waals surface area contributed by atoms with Crippen molar-refractivity contribution in [3.63, 3.8) is 0 Å². The molecule has 0 fully saturated rings. The average molecular weight is 917 g/mol. The molecule has 2 heteroatoms. The number of nitrogens with zero attached hydrogens (tertiary/aromatic N) is 1. The van der Waals surface area contributed by atoms with E-state index in [0.29, 0.717) is 5.41 Å². The molecule has 2 N–H and O–H groups in total. The van der Waals surface area contributed by atoms with Crippen LogP contribution in [0.1, 0.15) is 74.9 Å². The van der Waals surface area contributed by atoms with Crippen LogP contribution in [0.25, 0.3) is 83.3 Å². The predicted octanol–water partition coefficient (Wildman–Crippen LogP) is 18.3. The molecule has 0 unspecified atom stereocenters. The van der Waals surface area contributed by atoms with Gasteiger partial charge in [0.15, 0.2) is 0 Å². The monoisotopic (exact) mass is 916 g/mol. The van der Waals surface area contributed by atoms with E-state index in [1.807, 2.05) is 25.1 Å². The van der Waals surface area contributed by atoms with Gasteiger partial charge in [0.2, 0.25) is 0 Å². The summed E-state index contributed by atoms with van der Waals surface area (Å²) < 4.78 is 2.41. The number of hydrogen-bond donors (Lipinski definition) is 1. The van der Waals surface area contributed by atoms with Gasteiger partial charge in [0.1, 0.15) is 0 Å². The Kier molecular flexibility index (Phi) is 11.7. The quantitative estimate of drug-likeness (QED) is 0.125. The molecule has 10 aromatic rings. The highest BCUT2D eigenvalue weighted by molar-refractivity contribution is 6.12. The summed E-state index contributed by atoms with van der Waals surface area (Å²) in [5, 5.41) is 4.97. The van der Waals surface area contributed by atoms with Crippen molar-refractivity contribution in [1.29, 1.82) is 0 Å². The minimum Gasteiger partial charge on any atom is -0.398 e. The molecule has 9 aromatic carbocycles. The van der Waals surface area contributed by atoms with Gasteiger partial charge in [0.05, 0.1) is 11.0 Å². The third-order valence-corrected chi connectivity index (χ3v) is 14.7. The van der Waals surface area contributed by atoms with E-state index in [2.05, 4.69) is 252 Å². The Morgan fingerprint density at radius 1 is 0.549 bits per heavy atom. The molecule has 346 valence electrons. The first-order valence-electron chi connectivity index (χ1n) is 25.0. The normalized spacial score (nSPS) is 14.3. The Bertz CT molecular complexity index is 3790. The van der Waals surface area contributed by atoms with Crippen LogP contribution in [0.5, 0.6) is 0 Å². The van der Waals surface area contributed by atoms with E-state index in [9.17, 15) is 0 Å². The van der Waals surface area contributed by atoms with Crippen molar-refractivity contribution in [2.45, 2.75) is 58.8 Å². The molecule has 0 bridgehead atoms. The summed E-state index contributed by atoms with van der Waals surface area (Å²) in [5.41, 5.74) is 28.9. The lowest BCUT2D eigenvalue weighted by Gasteiger charge is -2.22. The lowest BCUT2D eigenvalue weighted by atomic mass is 9.81. The zero-order chi connectivity index (χ0) is 48.9. The minimum absolute atomic E-state index is 0.0498. The third kappa shape index (κ3) is 8.44. The molecule has 12 rings (SSSR count). The van der Waals surface area contributed by atoms with E-state index < -0.39 is 0 Å². The van der Waals surface area contributed by atoms with Crippen molar-refractivity contribution in [3.8, 4) is 39.1 Å². The Morgan fingerprint density at radius 3 is 1.86 bits per heavy atom. The number of nitrogen functional groups attached to an aromatic ring is 1. The van der Waals surface area contributed by atoms with E-state index in [1.165, 1.54) is 105 Å². The summed E-state index contributed by atoms with van der Waals surface area (Å²) in [6.45, 7) is 13.4. The van der Waals surface area contributed by atoms with Gasteiger partial charge in [-0.3, -0.25) is 0 Å². The largest absolute Gasteiger partial charge is 0.398 e. The fraction of sp³-hybridized carbons (Fsp3) is 0.130. The Balaban J connectivity index is 0.000000490.